The Balaban J connectivity index is 1.60. The zero-order valence-electron chi connectivity index (χ0n) is 11.0. The Morgan fingerprint density at radius 3 is 3.20 bits per heavy atom. The molecule has 0 spiro atoms. The van der Waals surface area contributed by atoms with Crippen LogP contribution in [0.25, 0.3) is 0 Å². The Morgan fingerprint density at radius 1 is 1.45 bits per heavy atom. The Hall–Kier alpha value is -2.37. The minimum Gasteiger partial charge on any atom is -0.385 e. The number of nitrogens with zero attached hydrogens (tertiary/aromatic N) is 2. The highest BCUT2D eigenvalue weighted by Crippen LogP contribution is 2.31. The van der Waals surface area contributed by atoms with Crippen LogP contribution in [0.4, 0.5) is 5.69 Å². The Bertz CT molecular complexity index is 583. The minimum atomic E-state index is -0.0854. The van der Waals surface area contributed by atoms with E-state index in [4.69, 9.17) is 0 Å². The normalized spacial score (nSPS) is 17.1. The largest absolute Gasteiger partial charge is 0.385 e. The Morgan fingerprint density at radius 2 is 2.35 bits per heavy atom. The number of hydrogen-bond donors (Lipinski definition) is 2. The highest BCUT2D eigenvalue weighted by atomic mass is 16.5. The van der Waals surface area contributed by atoms with Gasteiger partial charge >= 0.3 is 0 Å². The highest BCUT2D eigenvalue weighted by Gasteiger charge is 2.25. The van der Waals surface area contributed by atoms with E-state index in [1.54, 1.807) is 0 Å². The Labute approximate surface area is 116 Å². The molecule has 1 aliphatic heterocycles. The van der Waals surface area contributed by atoms with Crippen molar-refractivity contribution in [3.8, 4) is 0 Å². The summed E-state index contributed by atoms with van der Waals surface area (Å²) in [5.41, 5.74) is 2.12. The second-order valence-corrected chi connectivity index (χ2v) is 4.74. The van der Waals surface area contributed by atoms with Crippen molar-refractivity contribution in [3.05, 3.63) is 42.0 Å². The topological polar surface area (TPSA) is 80.1 Å². The quantitative estimate of drug-likeness (QED) is 0.877. The summed E-state index contributed by atoms with van der Waals surface area (Å²) < 4.78 is 4.65. The third-order valence-corrected chi connectivity index (χ3v) is 3.46. The van der Waals surface area contributed by atoms with E-state index in [0.29, 0.717) is 18.8 Å². The fraction of sp³-hybridized carbons (Fsp3) is 0.357. The van der Waals surface area contributed by atoms with Crippen molar-refractivity contribution in [1.82, 2.24) is 15.5 Å². The van der Waals surface area contributed by atoms with Crippen LogP contribution in [0, 0.1) is 0 Å². The summed E-state index contributed by atoms with van der Waals surface area (Å²) in [5.74, 6) is 0.580. The molecule has 0 saturated carbocycles. The Kier molecular flexibility index (Phi) is 3.62. The minimum absolute atomic E-state index is 0.0578. The number of nitrogens with one attached hydrogen (secondary N) is 2. The molecule has 6 nitrogen and oxygen atoms in total. The van der Waals surface area contributed by atoms with Crippen LogP contribution in [-0.4, -0.2) is 29.1 Å². The van der Waals surface area contributed by atoms with Gasteiger partial charge in [0.15, 0.2) is 5.82 Å². The van der Waals surface area contributed by atoms with E-state index >= 15 is 0 Å². The molecule has 2 heterocycles. The first-order valence-electron chi connectivity index (χ1n) is 6.70. The number of rotatable bonds is 4. The number of hydrogen-bond acceptors (Lipinski definition) is 5. The molecule has 1 atom stereocenters. The van der Waals surface area contributed by atoms with Crippen LogP contribution < -0.4 is 10.6 Å². The molecule has 1 unspecified atom stereocenters. The molecule has 1 aromatic carbocycles. The maximum absolute atomic E-state index is 12.3. The van der Waals surface area contributed by atoms with Crippen molar-refractivity contribution in [1.29, 1.82) is 0 Å². The summed E-state index contributed by atoms with van der Waals surface area (Å²) in [5, 5.41) is 9.97. The fourth-order valence-corrected chi connectivity index (χ4v) is 2.46. The van der Waals surface area contributed by atoms with Gasteiger partial charge in [-0.3, -0.25) is 4.79 Å². The average Bonchev–Trinajstić information content (AvgIpc) is 3.00. The molecule has 2 aromatic rings. The second kappa shape index (κ2) is 5.73. The summed E-state index contributed by atoms with van der Waals surface area (Å²) in [6.45, 7) is 1.34. The maximum Gasteiger partial charge on any atom is 0.227 e. The van der Waals surface area contributed by atoms with Gasteiger partial charge in [-0.15, -0.1) is 0 Å². The average molecular weight is 272 g/mol. The first-order chi connectivity index (χ1) is 9.84. The number of fused-ring (bicyclic) bond motifs is 1. The van der Waals surface area contributed by atoms with Crippen molar-refractivity contribution in [3.63, 3.8) is 0 Å². The van der Waals surface area contributed by atoms with E-state index in [9.17, 15) is 4.79 Å². The van der Waals surface area contributed by atoms with Gasteiger partial charge in [0.05, 0.1) is 5.92 Å². The van der Waals surface area contributed by atoms with Crippen molar-refractivity contribution < 1.29 is 9.32 Å². The zero-order valence-corrected chi connectivity index (χ0v) is 11.0. The predicted octanol–water partition coefficient (Wildman–Crippen LogP) is 1.33. The number of anilines is 1. The lowest BCUT2D eigenvalue weighted by Crippen LogP contribution is -2.34. The van der Waals surface area contributed by atoms with Crippen molar-refractivity contribution in [2.75, 3.05) is 18.4 Å². The molecular weight excluding hydrogens is 256 g/mol. The van der Waals surface area contributed by atoms with Crippen molar-refractivity contribution in [2.45, 2.75) is 18.8 Å². The molecule has 0 saturated heterocycles. The third kappa shape index (κ3) is 2.64. The van der Waals surface area contributed by atoms with Gasteiger partial charge in [-0.25, -0.2) is 0 Å². The lowest BCUT2D eigenvalue weighted by atomic mass is 9.90. The highest BCUT2D eigenvalue weighted by molar-refractivity contribution is 5.86. The van der Waals surface area contributed by atoms with Crippen LogP contribution in [0.2, 0.25) is 0 Å². The smallest absolute Gasteiger partial charge is 0.227 e. The van der Waals surface area contributed by atoms with Crippen LogP contribution in [0.3, 0.4) is 0 Å². The molecular formula is C14H16N4O2. The molecule has 3 rings (SSSR count). The van der Waals surface area contributed by atoms with Crippen LogP contribution in [0.1, 0.15) is 23.7 Å². The summed E-state index contributed by atoms with van der Waals surface area (Å²) in [6.07, 6.45) is 2.68. The molecule has 0 fully saturated rings. The molecule has 0 bridgehead atoms. The van der Waals surface area contributed by atoms with E-state index < -0.39 is 0 Å². The van der Waals surface area contributed by atoms with Crippen molar-refractivity contribution in [2.24, 2.45) is 0 Å². The summed E-state index contributed by atoms with van der Waals surface area (Å²) >= 11 is 0. The molecule has 1 aromatic heterocycles. The number of aromatic nitrogens is 2. The van der Waals surface area contributed by atoms with Crippen LogP contribution in [0.5, 0.6) is 0 Å². The number of amides is 1. The van der Waals surface area contributed by atoms with E-state index in [0.717, 1.165) is 24.2 Å². The van der Waals surface area contributed by atoms with Gasteiger partial charge in [0.2, 0.25) is 12.3 Å². The molecule has 20 heavy (non-hydrogen) atoms. The standard InChI is InChI=1S/C14H16N4O2/c19-14(16-8-6-13-17-9-20-18-13)11-5-7-15-12-4-2-1-3-10(11)12/h1-4,9,11,15H,5-8H2,(H,16,19). The van der Waals surface area contributed by atoms with Crippen molar-refractivity contribution >= 4 is 11.6 Å². The van der Waals surface area contributed by atoms with E-state index in [1.807, 2.05) is 24.3 Å². The maximum atomic E-state index is 12.3. The van der Waals surface area contributed by atoms with Gasteiger partial charge in [-0.1, -0.05) is 23.4 Å². The number of para-hydroxylation sites is 1. The van der Waals surface area contributed by atoms with Gasteiger partial charge < -0.3 is 15.2 Å². The van der Waals surface area contributed by atoms with Gasteiger partial charge in [0.1, 0.15) is 0 Å². The molecule has 104 valence electrons. The molecule has 0 radical (unpaired) electrons. The van der Waals surface area contributed by atoms with Gasteiger partial charge in [0.25, 0.3) is 0 Å². The van der Waals surface area contributed by atoms with Crippen LogP contribution in [0.15, 0.2) is 35.2 Å². The predicted molar refractivity (Wildman–Crippen MR) is 73.3 cm³/mol. The summed E-state index contributed by atoms with van der Waals surface area (Å²) in [7, 11) is 0. The van der Waals surface area contributed by atoms with E-state index in [1.165, 1.54) is 6.39 Å². The summed E-state index contributed by atoms with van der Waals surface area (Å²) in [4.78, 5) is 16.2. The lowest BCUT2D eigenvalue weighted by Gasteiger charge is -2.25. The lowest BCUT2D eigenvalue weighted by molar-refractivity contribution is -0.122. The third-order valence-electron chi connectivity index (χ3n) is 3.46. The van der Waals surface area contributed by atoms with Gasteiger partial charge in [-0.2, -0.15) is 4.98 Å². The molecule has 1 aliphatic rings. The summed E-state index contributed by atoms with van der Waals surface area (Å²) in [6, 6.07) is 7.95. The van der Waals surface area contributed by atoms with Crippen LogP contribution >= 0.6 is 0 Å². The molecule has 2 N–H and O–H groups in total. The van der Waals surface area contributed by atoms with E-state index in [-0.39, 0.29) is 11.8 Å². The number of carbonyl (C=O) groups is 1. The number of benzene rings is 1. The molecule has 1 amide bonds. The second-order valence-electron chi connectivity index (χ2n) is 4.74. The fourth-order valence-electron chi connectivity index (χ4n) is 2.46. The zero-order chi connectivity index (χ0) is 13.8. The van der Waals surface area contributed by atoms with E-state index in [2.05, 4.69) is 25.3 Å². The van der Waals surface area contributed by atoms with Gasteiger partial charge in [0, 0.05) is 25.2 Å². The first-order valence-corrected chi connectivity index (χ1v) is 6.70. The molecule has 0 aliphatic carbocycles. The SMILES string of the molecule is O=C(NCCc1ncon1)C1CCNc2ccccc21. The monoisotopic (exact) mass is 272 g/mol. The van der Waals surface area contributed by atoms with Crippen LogP contribution in [-0.2, 0) is 11.2 Å². The number of carbonyl (C=O) groups excluding carboxylic acids is 1. The van der Waals surface area contributed by atoms with Gasteiger partial charge in [-0.05, 0) is 18.1 Å². The molecule has 6 heteroatoms. The first kappa shape index (κ1) is 12.7.